The van der Waals surface area contributed by atoms with Crippen molar-refractivity contribution in [3.63, 3.8) is 0 Å². The van der Waals surface area contributed by atoms with Crippen LogP contribution in [0.1, 0.15) is 48.7 Å². The fourth-order valence-corrected chi connectivity index (χ4v) is 5.06. The number of amides is 2. The van der Waals surface area contributed by atoms with Crippen LogP contribution in [-0.4, -0.2) is 32.9 Å². The Bertz CT molecular complexity index is 1120. The van der Waals surface area contributed by atoms with Gasteiger partial charge < -0.3 is 14.8 Å². The van der Waals surface area contributed by atoms with Crippen molar-refractivity contribution in [3.05, 3.63) is 84.1 Å². The third-order valence-corrected chi connectivity index (χ3v) is 6.94. The van der Waals surface area contributed by atoms with E-state index >= 15 is 0 Å². The summed E-state index contributed by atoms with van der Waals surface area (Å²) >= 11 is 0. The minimum Gasteiger partial charge on any atom is -0.351 e. The predicted octanol–water partition coefficient (Wildman–Crippen LogP) is 4.63. The first-order chi connectivity index (χ1) is 15.6. The number of benzene rings is 2. The van der Waals surface area contributed by atoms with E-state index in [1.165, 1.54) is 0 Å². The van der Waals surface area contributed by atoms with Crippen LogP contribution in [0.4, 0.5) is 0 Å². The summed E-state index contributed by atoms with van der Waals surface area (Å²) in [7, 11) is 0. The minimum absolute atomic E-state index is 0.0629. The summed E-state index contributed by atoms with van der Waals surface area (Å²) in [4.78, 5) is 29.2. The van der Waals surface area contributed by atoms with Gasteiger partial charge in [-0.05, 0) is 43.0 Å². The summed E-state index contributed by atoms with van der Waals surface area (Å²) in [5.74, 6) is -0.168. The molecule has 1 aromatic heterocycles. The van der Waals surface area contributed by atoms with Crippen LogP contribution in [0.5, 0.6) is 0 Å². The molecule has 1 fully saturated rings. The molecule has 5 rings (SSSR count). The lowest BCUT2D eigenvalue weighted by Crippen LogP contribution is -2.64. The lowest BCUT2D eigenvalue weighted by atomic mass is 9.93. The molecule has 1 aliphatic carbocycles. The van der Waals surface area contributed by atoms with Gasteiger partial charge in [0.25, 0.3) is 5.91 Å². The van der Waals surface area contributed by atoms with Crippen LogP contribution in [0.15, 0.2) is 72.8 Å². The Morgan fingerprint density at radius 3 is 2.25 bits per heavy atom. The molecule has 1 aliphatic heterocycles. The maximum atomic E-state index is 13.7. The van der Waals surface area contributed by atoms with Gasteiger partial charge in [0, 0.05) is 18.3 Å². The average Bonchev–Trinajstić information content (AvgIpc) is 3.48. The van der Waals surface area contributed by atoms with Crippen LogP contribution in [0.3, 0.4) is 0 Å². The summed E-state index contributed by atoms with van der Waals surface area (Å²) in [6, 6.07) is 24.0. The fraction of sp³-hybridized carbons (Fsp3) is 0.333. The Morgan fingerprint density at radius 1 is 0.938 bits per heavy atom. The largest absolute Gasteiger partial charge is 0.351 e. The van der Waals surface area contributed by atoms with Crippen molar-refractivity contribution in [2.75, 3.05) is 0 Å². The molecule has 0 spiro atoms. The minimum atomic E-state index is -0.981. The van der Waals surface area contributed by atoms with E-state index in [-0.39, 0.29) is 17.9 Å². The van der Waals surface area contributed by atoms with Gasteiger partial charge in [-0.15, -0.1) is 0 Å². The van der Waals surface area contributed by atoms with Crippen LogP contribution in [0.25, 0.3) is 11.3 Å². The van der Waals surface area contributed by atoms with E-state index in [2.05, 4.69) is 5.32 Å². The number of hydrogen-bond acceptors (Lipinski definition) is 2. The summed E-state index contributed by atoms with van der Waals surface area (Å²) in [5, 5.41) is 3.26. The second-order valence-electron chi connectivity index (χ2n) is 9.16. The van der Waals surface area contributed by atoms with Gasteiger partial charge in [-0.2, -0.15) is 0 Å². The highest BCUT2D eigenvalue weighted by atomic mass is 16.2. The summed E-state index contributed by atoms with van der Waals surface area (Å²) in [5.41, 5.74) is 2.68. The van der Waals surface area contributed by atoms with Crippen molar-refractivity contribution in [1.29, 1.82) is 0 Å². The molecular weight excluding hydrogens is 398 g/mol. The van der Waals surface area contributed by atoms with E-state index in [0.29, 0.717) is 18.8 Å². The Labute approximate surface area is 189 Å². The van der Waals surface area contributed by atoms with Crippen LogP contribution in [0.2, 0.25) is 0 Å². The lowest BCUT2D eigenvalue weighted by Gasteiger charge is -2.45. The maximum absolute atomic E-state index is 13.7. The summed E-state index contributed by atoms with van der Waals surface area (Å²) in [6.45, 7) is 2.74. The molecule has 0 unspecified atom stereocenters. The molecule has 2 amide bonds. The molecule has 1 saturated carbocycles. The van der Waals surface area contributed by atoms with Crippen LogP contribution >= 0.6 is 0 Å². The molecule has 2 heterocycles. The highest BCUT2D eigenvalue weighted by molar-refractivity contribution is 6.00. The SMILES string of the molecule is C[C@@]1(C(=O)NC2CCCC2)Cn2c(ccc2-c2ccccc2)C(=O)N1Cc1ccccc1. The number of aromatic nitrogens is 1. The Kier molecular flexibility index (Phi) is 5.33. The predicted molar refractivity (Wildman–Crippen MR) is 125 cm³/mol. The number of carbonyl (C=O) groups excluding carboxylic acids is 2. The molecule has 1 N–H and O–H groups in total. The van der Waals surface area contributed by atoms with Crippen molar-refractivity contribution in [2.24, 2.45) is 0 Å². The number of fused-ring (bicyclic) bond motifs is 1. The van der Waals surface area contributed by atoms with Gasteiger partial charge in [0.15, 0.2) is 0 Å². The smallest absolute Gasteiger partial charge is 0.271 e. The van der Waals surface area contributed by atoms with E-state index in [4.69, 9.17) is 0 Å². The normalized spacial score (nSPS) is 20.9. The van der Waals surface area contributed by atoms with Crippen molar-refractivity contribution in [2.45, 2.75) is 57.3 Å². The first-order valence-corrected chi connectivity index (χ1v) is 11.5. The van der Waals surface area contributed by atoms with E-state index in [1.807, 2.05) is 84.3 Å². The topological polar surface area (TPSA) is 54.3 Å². The number of rotatable bonds is 5. The molecule has 5 heteroatoms. The second-order valence-corrected chi connectivity index (χ2v) is 9.16. The number of carbonyl (C=O) groups is 2. The third kappa shape index (κ3) is 3.62. The zero-order chi connectivity index (χ0) is 22.1. The molecular formula is C27H29N3O2. The van der Waals surface area contributed by atoms with Crippen molar-refractivity contribution in [3.8, 4) is 11.3 Å². The Morgan fingerprint density at radius 2 is 1.56 bits per heavy atom. The van der Waals surface area contributed by atoms with Gasteiger partial charge in [0.05, 0.1) is 6.54 Å². The highest BCUT2D eigenvalue weighted by Gasteiger charge is 2.48. The van der Waals surface area contributed by atoms with E-state index in [9.17, 15) is 9.59 Å². The number of nitrogens with one attached hydrogen (secondary N) is 1. The molecule has 5 nitrogen and oxygen atoms in total. The first kappa shape index (κ1) is 20.6. The standard InChI is InChI=1S/C27H29N3O2/c1-27(26(32)28-22-14-8-9-15-22)19-29-23(21-12-6-3-7-13-21)16-17-24(29)25(31)30(27)18-20-10-4-2-5-11-20/h2-7,10-13,16-17,22H,8-9,14-15,18-19H2,1H3,(H,28,32)/t27-/m0/s1. The van der Waals surface area contributed by atoms with Crippen LogP contribution < -0.4 is 5.32 Å². The molecule has 164 valence electrons. The van der Waals surface area contributed by atoms with E-state index in [0.717, 1.165) is 42.5 Å². The van der Waals surface area contributed by atoms with E-state index < -0.39 is 5.54 Å². The molecule has 1 atom stereocenters. The monoisotopic (exact) mass is 427 g/mol. The summed E-state index contributed by atoms with van der Waals surface area (Å²) < 4.78 is 2.02. The zero-order valence-corrected chi connectivity index (χ0v) is 18.5. The van der Waals surface area contributed by atoms with Crippen molar-refractivity contribution < 1.29 is 9.59 Å². The van der Waals surface area contributed by atoms with Crippen LogP contribution in [0, 0.1) is 0 Å². The van der Waals surface area contributed by atoms with Crippen molar-refractivity contribution >= 4 is 11.8 Å². The lowest BCUT2D eigenvalue weighted by molar-refractivity contribution is -0.133. The second kappa shape index (κ2) is 8.30. The number of nitrogens with zero attached hydrogens (tertiary/aromatic N) is 2. The maximum Gasteiger partial charge on any atom is 0.271 e. The molecule has 2 aliphatic rings. The molecule has 0 bridgehead atoms. The van der Waals surface area contributed by atoms with Gasteiger partial charge in [-0.25, -0.2) is 0 Å². The Balaban J connectivity index is 1.55. The fourth-order valence-electron chi connectivity index (χ4n) is 5.06. The quantitative estimate of drug-likeness (QED) is 0.646. The molecule has 0 saturated heterocycles. The average molecular weight is 428 g/mol. The van der Waals surface area contributed by atoms with Gasteiger partial charge in [0.1, 0.15) is 11.2 Å². The molecule has 0 radical (unpaired) electrons. The first-order valence-electron chi connectivity index (χ1n) is 11.5. The number of hydrogen-bond donors (Lipinski definition) is 1. The van der Waals surface area contributed by atoms with Gasteiger partial charge in [0.2, 0.25) is 5.91 Å². The molecule has 32 heavy (non-hydrogen) atoms. The van der Waals surface area contributed by atoms with E-state index in [1.54, 1.807) is 4.90 Å². The van der Waals surface area contributed by atoms with Gasteiger partial charge >= 0.3 is 0 Å². The van der Waals surface area contributed by atoms with Crippen molar-refractivity contribution in [1.82, 2.24) is 14.8 Å². The van der Waals surface area contributed by atoms with Gasteiger partial charge in [-0.3, -0.25) is 9.59 Å². The van der Waals surface area contributed by atoms with Crippen LogP contribution in [-0.2, 0) is 17.9 Å². The zero-order valence-electron chi connectivity index (χ0n) is 18.5. The summed E-state index contributed by atoms with van der Waals surface area (Å²) in [6.07, 6.45) is 4.32. The molecule has 3 aromatic rings. The van der Waals surface area contributed by atoms with Gasteiger partial charge in [-0.1, -0.05) is 73.5 Å². The highest BCUT2D eigenvalue weighted by Crippen LogP contribution is 2.34. The third-order valence-electron chi connectivity index (χ3n) is 6.94. The molecule has 2 aromatic carbocycles. The Hall–Kier alpha value is -3.34.